The number of sulfonamides is 1. The molecule has 28 heavy (non-hydrogen) atoms. The van der Waals surface area contributed by atoms with Gasteiger partial charge in [0.25, 0.3) is 0 Å². The number of halogens is 3. The smallest absolute Gasteiger partial charge is 0.216 e. The summed E-state index contributed by atoms with van der Waals surface area (Å²) in [5, 5.41) is 0. The maximum atomic E-state index is 15.2. The Morgan fingerprint density at radius 2 is 1.96 bits per heavy atom. The van der Waals surface area contributed by atoms with E-state index in [2.05, 4.69) is 9.97 Å². The van der Waals surface area contributed by atoms with E-state index in [0.29, 0.717) is 5.82 Å². The van der Waals surface area contributed by atoms with E-state index in [0.717, 1.165) is 16.4 Å². The van der Waals surface area contributed by atoms with Crippen molar-refractivity contribution in [2.24, 2.45) is 0 Å². The number of benzene rings is 1. The number of hydrogen-bond donors (Lipinski definition) is 0. The Bertz CT molecular complexity index is 1020. The zero-order chi connectivity index (χ0) is 20.1. The van der Waals surface area contributed by atoms with E-state index in [4.69, 9.17) is 4.74 Å². The highest BCUT2D eigenvalue weighted by Crippen LogP contribution is 2.39. The first-order valence-corrected chi connectivity index (χ1v) is 10.5. The normalized spacial score (nSPS) is 26.4. The first-order chi connectivity index (χ1) is 13.3. The van der Waals surface area contributed by atoms with Crippen LogP contribution < -0.4 is 4.90 Å². The van der Waals surface area contributed by atoms with Crippen LogP contribution in [0, 0.1) is 11.6 Å². The van der Waals surface area contributed by atoms with Gasteiger partial charge >= 0.3 is 0 Å². The molecular formula is C17H19F3N4O3S. The predicted octanol–water partition coefficient (Wildman–Crippen LogP) is 1.83. The van der Waals surface area contributed by atoms with Gasteiger partial charge in [0, 0.05) is 31.6 Å². The standard InChI is InChI=1S/C17H19F3N4O3S/c1-2-28(25,26)24-5-6-27-17(24)3-4-23(10-15(17)20)16-9-21-13-7-11(18)12(19)8-14(13)22-16/h7-9,15H,2-6,10H2,1H3/t15-,17-/m0/s1. The molecule has 2 atom stereocenters. The number of rotatable bonds is 3. The maximum Gasteiger partial charge on any atom is 0.216 e. The molecule has 0 bridgehead atoms. The molecule has 0 amide bonds. The molecule has 0 saturated carbocycles. The van der Waals surface area contributed by atoms with Gasteiger partial charge in [0.1, 0.15) is 5.82 Å². The molecule has 1 aromatic carbocycles. The topological polar surface area (TPSA) is 75.6 Å². The van der Waals surface area contributed by atoms with E-state index in [1.807, 2.05) is 0 Å². The quantitative estimate of drug-likeness (QED) is 0.760. The highest BCUT2D eigenvalue weighted by molar-refractivity contribution is 7.89. The van der Waals surface area contributed by atoms with Crippen LogP contribution in [0.25, 0.3) is 11.0 Å². The first kappa shape index (κ1) is 19.3. The van der Waals surface area contributed by atoms with E-state index < -0.39 is 33.6 Å². The Hall–Kier alpha value is -1.98. The number of fused-ring (bicyclic) bond motifs is 1. The second kappa shape index (κ2) is 6.82. The molecule has 3 heterocycles. The maximum absolute atomic E-state index is 15.2. The lowest BCUT2D eigenvalue weighted by atomic mass is 9.98. The Morgan fingerprint density at radius 3 is 2.64 bits per heavy atom. The number of piperidine rings is 1. The summed E-state index contributed by atoms with van der Waals surface area (Å²) >= 11 is 0. The lowest BCUT2D eigenvalue weighted by molar-refractivity contribution is -0.116. The summed E-state index contributed by atoms with van der Waals surface area (Å²) in [6.45, 7) is 1.90. The number of anilines is 1. The van der Waals surface area contributed by atoms with Crippen molar-refractivity contribution in [2.75, 3.05) is 36.9 Å². The fourth-order valence-electron chi connectivity index (χ4n) is 3.78. The van der Waals surface area contributed by atoms with Crippen molar-refractivity contribution in [2.45, 2.75) is 25.2 Å². The molecule has 4 rings (SSSR count). The van der Waals surface area contributed by atoms with Crippen LogP contribution in [0.2, 0.25) is 0 Å². The van der Waals surface area contributed by atoms with Crippen LogP contribution >= 0.6 is 0 Å². The van der Waals surface area contributed by atoms with Gasteiger partial charge in [0.15, 0.2) is 23.5 Å². The van der Waals surface area contributed by atoms with Crippen LogP contribution in [0.5, 0.6) is 0 Å². The van der Waals surface area contributed by atoms with Crippen molar-refractivity contribution in [3.63, 3.8) is 0 Å². The summed E-state index contributed by atoms with van der Waals surface area (Å²) in [6, 6.07) is 1.89. The molecule has 2 fully saturated rings. The van der Waals surface area contributed by atoms with Crippen LogP contribution in [0.15, 0.2) is 18.3 Å². The third-order valence-electron chi connectivity index (χ3n) is 5.27. The first-order valence-electron chi connectivity index (χ1n) is 8.92. The monoisotopic (exact) mass is 416 g/mol. The molecule has 2 saturated heterocycles. The molecular weight excluding hydrogens is 397 g/mol. The minimum absolute atomic E-state index is 0.116. The minimum atomic E-state index is -3.61. The van der Waals surface area contributed by atoms with E-state index in [1.54, 1.807) is 4.90 Å². The van der Waals surface area contributed by atoms with Crippen molar-refractivity contribution < 1.29 is 26.3 Å². The van der Waals surface area contributed by atoms with E-state index in [1.165, 1.54) is 13.1 Å². The molecule has 1 spiro atoms. The Kier molecular flexibility index (Phi) is 4.71. The van der Waals surface area contributed by atoms with Gasteiger partial charge in [-0.15, -0.1) is 0 Å². The molecule has 152 valence electrons. The second-order valence-corrected chi connectivity index (χ2v) is 8.99. The minimum Gasteiger partial charge on any atom is -0.355 e. The Labute approximate surface area is 160 Å². The van der Waals surface area contributed by atoms with E-state index >= 15 is 4.39 Å². The molecule has 7 nitrogen and oxygen atoms in total. The number of ether oxygens (including phenoxy) is 1. The van der Waals surface area contributed by atoms with Gasteiger partial charge in [-0.2, -0.15) is 4.31 Å². The summed E-state index contributed by atoms with van der Waals surface area (Å²) in [6.07, 6.45) is -0.127. The zero-order valence-corrected chi connectivity index (χ0v) is 15.9. The second-order valence-electron chi connectivity index (χ2n) is 6.81. The Morgan fingerprint density at radius 1 is 1.25 bits per heavy atom. The van der Waals surface area contributed by atoms with Crippen LogP contribution in [0.1, 0.15) is 13.3 Å². The third kappa shape index (κ3) is 3.01. The molecule has 2 aliphatic rings. The number of nitrogens with zero attached hydrogens (tertiary/aromatic N) is 4. The van der Waals surface area contributed by atoms with Gasteiger partial charge in [-0.1, -0.05) is 0 Å². The third-order valence-corrected chi connectivity index (χ3v) is 7.17. The van der Waals surface area contributed by atoms with Crippen molar-refractivity contribution in [3.05, 3.63) is 30.0 Å². The molecule has 2 aliphatic heterocycles. The van der Waals surface area contributed by atoms with Crippen molar-refractivity contribution in [1.82, 2.24) is 14.3 Å². The summed E-state index contributed by atoms with van der Waals surface area (Å²) < 4.78 is 73.4. The van der Waals surface area contributed by atoms with Crippen LogP contribution in [0.3, 0.4) is 0 Å². The lowest BCUT2D eigenvalue weighted by Gasteiger charge is -2.45. The van der Waals surface area contributed by atoms with Gasteiger partial charge < -0.3 is 9.64 Å². The van der Waals surface area contributed by atoms with Crippen LogP contribution in [-0.4, -0.2) is 66.6 Å². The summed E-state index contributed by atoms with van der Waals surface area (Å²) in [5.74, 6) is -1.89. The van der Waals surface area contributed by atoms with Gasteiger partial charge in [0.2, 0.25) is 10.0 Å². The molecule has 1 aromatic heterocycles. The molecule has 0 unspecified atom stereocenters. The average molecular weight is 416 g/mol. The van der Waals surface area contributed by atoms with Gasteiger partial charge in [0.05, 0.1) is 36.1 Å². The highest BCUT2D eigenvalue weighted by atomic mass is 32.2. The highest BCUT2D eigenvalue weighted by Gasteiger charge is 2.56. The van der Waals surface area contributed by atoms with Gasteiger partial charge in [-0.05, 0) is 6.92 Å². The van der Waals surface area contributed by atoms with Crippen molar-refractivity contribution in [3.8, 4) is 0 Å². The molecule has 2 aromatic rings. The average Bonchev–Trinajstić information content (AvgIpc) is 3.10. The van der Waals surface area contributed by atoms with Crippen LogP contribution in [-0.2, 0) is 14.8 Å². The van der Waals surface area contributed by atoms with E-state index in [-0.39, 0.29) is 49.4 Å². The fourth-order valence-corrected chi connectivity index (χ4v) is 5.17. The van der Waals surface area contributed by atoms with Crippen molar-refractivity contribution in [1.29, 1.82) is 0 Å². The van der Waals surface area contributed by atoms with Gasteiger partial charge in [-0.3, -0.25) is 4.98 Å². The van der Waals surface area contributed by atoms with Crippen molar-refractivity contribution >= 4 is 26.9 Å². The van der Waals surface area contributed by atoms with E-state index in [9.17, 15) is 17.2 Å². The lowest BCUT2D eigenvalue weighted by Crippen LogP contribution is -2.62. The molecule has 0 N–H and O–H groups in total. The summed E-state index contributed by atoms with van der Waals surface area (Å²) in [4.78, 5) is 9.92. The molecule has 11 heteroatoms. The zero-order valence-electron chi connectivity index (χ0n) is 15.1. The van der Waals surface area contributed by atoms with Crippen LogP contribution in [0.4, 0.5) is 19.0 Å². The predicted molar refractivity (Wildman–Crippen MR) is 96.0 cm³/mol. The fraction of sp³-hybridized carbons (Fsp3) is 0.529. The number of aromatic nitrogens is 2. The number of alkyl halides is 1. The molecule has 0 aliphatic carbocycles. The molecule has 0 radical (unpaired) electrons. The summed E-state index contributed by atoms with van der Waals surface area (Å²) in [7, 11) is -3.61. The largest absolute Gasteiger partial charge is 0.355 e. The number of hydrogen-bond acceptors (Lipinski definition) is 6. The summed E-state index contributed by atoms with van der Waals surface area (Å²) in [5.41, 5.74) is -1.17. The Balaban J connectivity index is 1.61. The SMILES string of the molecule is CCS(=O)(=O)N1CCO[C@]12CCN(c1cnc3cc(F)c(F)cc3n1)C[C@@H]2F. The van der Waals surface area contributed by atoms with Gasteiger partial charge in [-0.25, -0.2) is 26.6 Å².